The number of nitrogens with one attached hydrogen (secondary N) is 1. The number of hydrogen-bond donors (Lipinski definition) is 1. The Hall–Kier alpha value is 0.100. The second-order valence-electron chi connectivity index (χ2n) is 3.60. The summed E-state index contributed by atoms with van der Waals surface area (Å²) in [4.78, 5) is 0. The van der Waals surface area contributed by atoms with Gasteiger partial charge in [-0.3, -0.25) is 0 Å². The maximum absolute atomic E-state index is 3.63. The lowest BCUT2D eigenvalue weighted by molar-refractivity contribution is 0.724. The monoisotopic (exact) mass is 319 g/mol. The van der Waals surface area contributed by atoms with E-state index in [0.29, 0.717) is 6.04 Å². The summed E-state index contributed by atoms with van der Waals surface area (Å²) in [5.41, 5.74) is 1.28. The Bertz CT molecular complexity index is 316. The number of rotatable bonds is 2. The second kappa shape index (κ2) is 4.75. The quantitative estimate of drug-likeness (QED) is 0.836. The summed E-state index contributed by atoms with van der Waals surface area (Å²) in [5, 5.41) is 4.37. The Labute approximate surface area is 103 Å². The van der Waals surface area contributed by atoms with Crippen molar-refractivity contribution in [2.75, 3.05) is 11.1 Å². The van der Waals surface area contributed by atoms with Crippen LogP contribution >= 0.6 is 34.4 Å². The molecule has 1 aliphatic heterocycles. The number of halogens is 1. The van der Waals surface area contributed by atoms with E-state index in [1.54, 1.807) is 0 Å². The molecule has 0 bridgehead atoms. The standard InChI is InChI=1S/C11H14INS/c1-8-10(6-7-14-8)13-11-5-3-2-4-9(11)12/h2-5,8,10,13H,6-7H2,1H3. The first-order valence-electron chi connectivity index (χ1n) is 4.90. The molecule has 0 spiro atoms. The lowest BCUT2D eigenvalue weighted by Crippen LogP contribution is -2.25. The Balaban J connectivity index is 2.07. The zero-order valence-electron chi connectivity index (χ0n) is 8.16. The average molecular weight is 319 g/mol. The van der Waals surface area contributed by atoms with Crippen molar-refractivity contribution in [3.63, 3.8) is 0 Å². The zero-order chi connectivity index (χ0) is 9.97. The van der Waals surface area contributed by atoms with Crippen molar-refractivity contribution in [3.05, 3.63) is 27.8 Å². The number of thioether (sulfide) groups is 1. The molecule has 1 heterocycles. The van der Waals surface area contributed by atoms with Gasteiger partial charge in [0.25, 0.3) is 0 Å². The molecule has 2 rings (SSSR count). The van der Waals surface area contributed by atoms with Crippen LogP contribution in [-0.4, -0.2) is 17.0 Å². The molecule has 1 aliphatic rings. The van der Waals surface area contributed by atoms with Gasteiger partial charge in [0.15, 0.2) is 0 Å². The van der Waals surface area contributed by atoms with Gasteiger partial charge in [0.2, 0.25) is 0 Å². The van der Waals surface area contributed by atoms with Crippen LogP contribution in [0.3, 0.4) is 0 Å². The first-order valence-corrected chi connectivity index (χ1v) is 7.03. The Morgan fingerprint density at radius 1 is 1.43 bits per heavy atom. The van der Waals surface area contributed by atoms with Gasteiger partial charge < -0.3 is 5.32 Å². The maximum Gasteiger partial charge on any atom is 0.0478 e. The molecule has 76 valence electrons. The molecule has 0 radical (unpaired) electrons. The van der Waals surface area contributed by atoms with Gasteiger partial charge in [-0.25, -0.2) is 0 Å². The van der Waals surface area contributed by atoms with Gasteiger partial charge in [-0.2, -0.15) is 11.8 Å². The van der Waals surface area contributed by atoms with E-state index in [1.165, 1.54) is 21.4 Å². The summed E-state index contributed by atoms with van der Waals surface area (Å²) in [7, 11) is 0. The van der Waals surface area contributed by atoms with E-state index in [0.717, 1.165) is 5.25 Å². The number of anilines is 1. The summed E-state index contributed by atoms with van der Waals surface area (Å²) in [6, 6.07) is 9.14. The van der Waals surface area contributed by atoms with Crippen LogP contribution in [0, 0.1) is 3.57 Å². The first kappa shape index (κ1) is 10.6. The fraction of sp³-hybridized carbons (Fsp3) is 0.455. The third-order valence-electron chi connectivity index (χ3n) is 2.59. The highest BCUT2D eigenvalue weighted by atomic mass is 127. The molecule has 3 heteroatoms. The molecule has 2 atom stereocenters. The van der Waals surface area contributed by atoms with E-state index in [2.05, 4.69) is 70.9 Å². The molecule has 14 heavy (non-hydrogen) atoms. The van der Waals surface area contributed by atoms with Crippen LogP contribution in [0.4, 0.5) is 5.69 Å². The van der Waals surface area contributed by atoms with Crippen molar-refractivity contribution < 1.29 is 0 Å². The molecule has 1 aromatic rings. The predicted octanol–water partition coefficient (Wildman–Crippen LogP) is 3.60. The minimum Gasteiger partial charge on any atom is -0.380 e. The third kappa shape index (κ3) is 2.37. The van der Waals surface area contributed by atoms with Gasteiger partial charge in [-0.15, -0.1) is 0 Å². The van der Waals surface area contributed by atoms with E-state index in [1.807, 2.05) is 0 Å². The van der Waals surface area contributed by atoms with Crippen molar-refractivity contribution in [1.29, 1.82) is 0 Å². The minimum atomic E-state index is 0.649. The fourth-order valence-corrected chi connectivity index (χ4v) is 3.44. The lowest BCUT2D eigenvalue weighted by Gasteiger charge is -2.18. The SMILES string of the molecule is CC1SCCC1Nc1ccccc1I. The van der Waals surface area contributed by atoms with E-state index < -0.39 is 0 Å². The molecule has 1 nitrogen and oxygen atoms in total. The molecule has 1 saturated heterocycles. The molecule has 0 amide bonds. The van der Waals surface area contributed by atoms with E-state index in [4.69, 9.17) is 0 Å². The number of hydrogen-bond acceptors (Lipinski definition) is 2. The van der Waals surface area contributed by atoms with Crippen molar-refractivity contribution in [2.24, 2.45) is 0 Å². The van der Waals surface area contributed by atoms with Crippen molar-refractivity contribution in [3.8, 4) is 0 Å². The lowest BCUT2D eigenvalue weighted by atomic mass is 10.1. The van der Waals surface area contributed by atoms with E-state index >= 15 is 0 Å². The summed E-state index contributed by atoms with van der Waals surface area (Å²) in [6.07, 6.45) is 1.29. The van der Waals surface area contributed by atoms with Crippen LogP contribution in [0.2, 0.25) is 0 Å². The largest absolute Gasteiger partial charge is 0.380 e. The Morgan fingerprint density at radius 2 is 2.21 bits per heavy atom. The van der Waals surface area contributed by atoms with Crippen LogP contribution in [0.15, 0.2) is 24.3 Å². The fourth-order valence-electron chi connectivity index (χ4n) is 1.70. The molecule has 0 saturated carbocycles. The summed E-state index contributed by atoms with van der Waals surface area (Å²) >= 11 is 4.45. The average Bonchev–Trinajstić information content (AvgIpc) is 2.56. The minimum absolute atomic E-state index is 0.649. The maximum atomic E-state index is 3.63. The molecular formula is C11H14INS. The first-order chi connectivity index (χ1) is 6.77. The molecule has 1 aromatic carbocycles. The Kier molecular flexibility index (Phi) is 3.60. The number of benzene rings is 1. The Morgan fingerprint density at radius 3 is 2.86 bits per heavy atom. The molecule has 0 aromatic heterocycles. The van der Waals surface area contributed by atoms with E-state index in [9.17, 15) is 0 Å². The third-order valence-corrected chi connectivity index (χ3v) is 4.86. The van der Waals surface area contributed by atoms with Crippen molar-refractivity contribution in [1.82, 2.24) is 0 Å². The van der Waals surface area contributed by atoms with Gasteiger partial charge >= 0.3 is 0 Å². The summed E-state index contributed by atoms with van der Waals surface area (Å²) in [6.45, 7) is 2.31. The van der Waals surface area contributed by atoms with E-state index in [-0.39, 0.29) is 0 Å². The highest BCUT2D eigenvalue weighted by Crippen LogP contribution is 2.29. The topological polar surface area (TPSA) is 12.0 Å². The summed E-state index contributed by atoms with van der Waals surface area (Å²) in [5.74, 6) is 1.29. The van der Waals surface area contributed by atoms with Crippen molar-refractivity contribution in [2.45, 2.75) is 24.6 Å². The summed E-state index contributed by atoms with van der Waals surface area (Å²) < 4.78 is 1.31. The van der Waals surface area contributed by atoms with Gasteiger partial charge in [0.05, 0.1) is 0 Å². The second-order valence-corrected chi connectivity index (χ2v) is 6.24. The van der Waals surface area contributed by atoms with Gasteiger partial charge in [0.1, 0.15) is 0 Å². The van der Waals surface area contributed by atoms with Crippen LogP contribution in [0.1, 0.15) is 13.3 Å². The normalized spacial score (nSPS) is 26.4. The van der Waals surface area contributed by atoms with Gasteiger partial charge in [-0.1, -0.05) is 19.1 Å². The molecule has 0 aliphatic carbocycles. The molecule has 1 N–H and O–H groups in total. The highest BCUT2D eigenvalue weighted by Gasteiger charge is 2.23. The molecule has 2 unspecified atom stereocenters. The van der Waals surface area contributed by atoms with Crippen LogP contribution in [0.5, 0.6) is 0 Å². The zero-order valence-corrected chi connectivity index (χ0v) is 11.1. The molecule has 1 fully saturated rings. The predicted molar refractivity (Wildman–Crippen MR) is 73.1 cm³/mol. The van der Waals surface area contributed by atoms with Crippen LogP contribution in [-0.2, 0) is 0 Å². The van der Waals surface area contributed by atoms with Crippen molar-refractivity contribution >= 4 is 40.0 Å². The molecular weight excluding hydrogens is 305 g/mol. The highest BCUT2D eigenvalue weighted by molar-refractivity contribution is 14.1. The smallest absolute Gasteiger partial charge is 0.0478 e. The van der Waals surface area contributed by atoms with Gasteiger partial charge in [0, 0.05) is 20.5 Å². The van der Waals surface area contributed by atoms with Crippen LogP contribution in [0.25, 0.3) is 0 Å². The van der Waals surface area contributed by atoms with Crippen LogP contribution < -0.4 is 5.32 Å². The number of para-hydroxylation sites is 1. The van der Waals surface area contributed by atoms with Gasteiger partial charge in [-0.05, 0) is 46.9 Å².